The van der Waals surface area contributed by atoms with Crippen molar-refractivity contribution in [1.82, 2.24) is 5.32 Å². The molecular formula is C18H20N2OS. The fourth-order valence-electron chi connectivity index (χ4n) is 1.98. The van der Waals surface area contributed by atoms with E-state index in [0.717, 1.165) is 11.4 Å². The van der Waals surface area contributed by atoms with E-state index in [1.807, 2.05) is 36.4 Å². The lowest BCUT2D eigenvalue weighted by Gasteiger charge is -2.12. The monoisotopic (exact) mass is 312 g/mol. The van der Waals surface area contributed by atoms with Gasteiger partial charge in [0.05, 0.1) is 0 Å². The summed E-state index contributed by atoms with van der Waals surface area (Å²) in [5.74, 6) is 0.784. The van der Waals surface area contributed by atoms with Crippen molar-refractivity contribution in [3.8, 4) is 5.75 Å². The maximum atomic E-state index is 5.50. The molecule has 2 N–H and O–H groups in total. The van der Waals surface area contributed by atoms with Gasteiger partial charge >= 0.3 is 0 Å². The van der Waals surface area contributed by atoms with E-state index in [1.54, 1.807) is 6.08 Å². The van der Waals surface area contributed by atoms with E-state index < -0.39 is 0 Å². The van der Waals surface area contributed by atoms with Crippen LogP contribution in [0.2, 0.25) is 0 Å². The van der Waals surface area contributed by atoms with Crippen molar-refractivity contribution in [2.24, 2.45) is 0 Å². The van der Waals surface area contributed by atoms with Gasteiger partial charge in [0.1, 0.15) is 12.4 Å². The van der Waals surface area contributed by atoms with E-state index in [2.05, 4.69) is 36.3 Å². The van der Waals surface area contributed by atoms with Gasteiger partial charge in [0.15, 0.2) is 5.11 Å². The third kappa shape index (κ3) is 4.90. The van der Waals surface area contributed by atoms with Crippen LogP contribution in [0.5, 0.6) is 5.75 Å². The van der Waals surface area contributed by atoms with Crippen molar-refractivity contribution in [2.75, 3.05) is 11.9 Å². The molecule has 0 amide bonds. The van der Waals surface area contributed by atoms with E-state index in [1.165, 1.54) is 11.1 Å². The van der Waals surface area contributed by atoms with Crippen LogP contribution in [0, 0.1) is 6.92 Å². The van der Waals surface area contributed by atoms with Crippen LogP contribution in [-0.4, -0.2) is 11.7 Å². The number of nitrogens with one attached hydrogen (secondary N) is 2. The molecule has 0 spiro atoms. The van der Waals surface area contributed by atoms with Crippen molar-refractivity contribution in [1.29, 1.82) is 0 Å². The maximum absolute atomic E-state index is 5.50. The first-order valence-corrected chi connectivity index (χ1v) is 7.53. The largest absolute Gasteiger partial charge is 0.489 e. The Balaban J connectivity index is 1.89. The van der Waals surface area contributed by atoms with Crippen molar-refractivity contribution in [3.05, 3.63) is 72.3 Å². The first-order valence-electron chi connectivity index (χ1n) is 7.12. The summed E-state index contributed by atoms with van der Waals surface area (Å²) >= 11 is 5.33. The zero-order chi connectivity index (χ0) is 15.8. The van der Waals surface area contributed by atoms with Gasteiger partial charge in [0, 0.05) is 18.3 Å². The topological polar surface area (TPSA) is 33.3 Å². The van der Waals surface area contributed by atoms with Crippen molar-refractivity contribution in [2.45, 2.75) is 13.5 Å². The van der Waals surface area contributed by atoms with E-state index in [-0.39, 0.29) is 0 Å². The van der Waals surface area contributed by atoms with Crippen LogP contribution in [0.15, 0.2) is 61.2 Å². The summed E-state index contributed by atoms with van der Waals surface area (Å²) in [6.45, 7) is 6.91. The zero-order valence-corrected chi connectivity index (χ0v) is 13.5. The molecule has 2 aromatic carbocycles. The second-order valence-corrected chi connectivity index (χ2v) is 5.27. The number of aryl methyl sites for hydroxylation is 1. The Morgan fingerprint density at radius 2 is 2.05 bits per heavy atom. The molecule has 2 aromatic rings. The van der Waals surface area contributed by atoms with E-state index in [4.69, 9.17) is 17.0 Å². The smallest absolute Gasteiger partial charge is 0.171 e. The van der Waals surface area contributed by atoms with Gasteiger partial charge in [0.25, 0.3) is 0 Å². The summed E-state index contributed by atoms with van der Waals surface area (Å²) in [6.07, 6.45) is 1.72. The molecular weight excluding hydrogens is 292 g/mol. The molecule has 0 unspecified atom stereocenters. The third-order valence-corrected chi connectivity index (χ3v) is 3.41. The molecule has 0 atom stereocenters. The quantitative estimate of drug-likeness (QED) is 0.623. The van der Waals surface area contributed by atoms with Gasteiger partial charge in [0.2, 0.25) is 0 Å². The Bertz CT molecular complexity index is 655. The number of thiocarbonyl (C=S) groups is 1. The van der Waals surface area contributed by atoms with Gasteiger partial charge in [-0.1, -0.05) is 43.0 Å². The number of ether oxygens (including phenoxy) is 1. The Morgan fingerprint density at radius 3 is 2.82 bits per heavy atom. The normalized spacial score (nSPS) is 9.86. The molecule has 0 radical (unpaired) electrons. The van der Waals surface area contributed by atoms with Crippen LogP contribution in [0.25, 0.3) is 0 Å². The highest BCUT2D eigenvalue weighted by Crippen LogP contribution is 2.17. The highest BCUT2D eigenvalue weighted by molar-refractivity contribution is 7.80. The third-order valence-electron chi connectivity index (χ3n) is 3.16. The molecule has 0 fully saturated rings. The summed E-state index contributed by atoms with van der Waals surface area (Å²) in [5, 5.41) is 6.96. The van der Waals surface area contributed by atoms with Crippen LogP contribution in [0.3, 0.4) is 0 Å². The van der Waals surface area contributed by atoms with E-state index in [9.17, 15) is 0 Å². The second-order valence-electron chi connectivity index (χ2n) is 4.86. The van der Waals surface area contributed by atoms with Gasteiger partial charge in [-0.2, -0.15) is 0 Å². The summed E-state index contributed by atoms with van der Waals surface area (Å²) in [5.41, 5.74) is 3.37. The maximum Gasteiger partial charge on any atom is 0.171 e. The molecule has 0 bridgehead atoms. The van der Waals surface area contributed by atoms with Gasteiger partial charge in [-0.05, 0) is 42.4 Å². The lowest BCUT2D eigenvalue weighted by molar-refractivity contribution is 0.363. The van der Waals surface area contributed by atoms with Crippen LogP contribution < -0.4 is 15.4 Å². The molecule has 0 saturated heterocycles. The molecule has 0 aliphatic carbocycles. The van der Waals surface area contributed by atoms with Crippen LogP contribution in [0.4, 0.5) is 5.69 Å². The predicted octanol–water partition coefficient (Wildman–Crippen LogP) is 4.05. The minimum Gasteiger partial charge on any atom is -0.489 e. The predicted molar refractivity (Wildman–Crippen MR) is 96.4 cm³/mol. The molecule has 3 nitrogen and oxygen atoms in total. The van der Waals surface area contributed by atoms with E-state index >= 15 is 0 Å². The average molecular weight is 312 g/mol. The number of hydrogen-bond donors (Lipinski definition) is 2. The number of rotatable bonds is 6. The van der Waals surface area contributed by atoms with Crippen molar-refractivity contribution >= 4 is 23.0 Å². The summed E-state index contributed by atoms with van der Waals surface area (Å²) in [7, 11) is 0. The first-order chi connectivity index (χ1) is 10.7. The molecule has 0 saturated carbocycles. The Kier molecular flexibility index (Phi) is 5.98. The Hall–Kier alpha value is -2.33. The lowest BCUT2D eigenvalue weighted by Crippen LogP contribution is -2.28. The van der Waals surface area contributed by atoms with Gasteiger partial charge < -0.3 is 15.4 Å². The molecule has 4 heteroatoms. The first kappa shape index (κ1) is 16.0. The Morgan fingerprint density at radius 1 is 1.23 bits per heavy atom. The van der Waals surface area contributed by atoms with Gasteiger partial charge in [-0.3, -0.25) is 0 Å². The van der Waals surface area contributed by atoms with Crippen LogP contribution in [-0.2, 0) is 6.54 Å². The summed E-state index contributed by atoms with van der Waals surface area (Å²) in [6, 6.07) is 15.9. The molecule has 0 aliphatic heterocycles. The highest BCUT2D eigenvalue weighted by atomic mass is 32.1. The summed E-state index contributed by atoms with van der Waals surface area (Å²) in [4.78, 5) is 0. The SMILES string of the molecule is C=CCOc1cccc(NC(=S)NCc2ccccc2C)c1. The van der Waals surface area contributed by atoms with Crippen molar-refractivity contribution < 1.29 is 4.74 Å². The Labute approximate surface area is 137 Å². The van der Waals surface area contributed by atoms with Gasteiger partial charge in [-0.15, -0.1) is 0 Å². The minimum atomic E-state index is 0.486. The number of anilines is 1. The van der Waals surface area contributed by atoms with Crippen LogP contribution >= 0.6 is 12.2 Å². The number of benzene rings is 2. The molecule has 0 heterocycles. The zero-order valence-electron chi connectivity index (χ0n) is 12.6. The lowest BCUT2D eigenvalue weighted by atomic mass is 10.1. The minimum absolute atomic E-state index is 0.486. The van der Waals surface area contributed by atoms with Gasteiger partial charge in [-0.25, -0.2) is 0 Å². The molecule has 114 valence electrons. The number of hydrogen-bond acceptors (Lipinski definition) is 2. The second kappa shape index (κ2) is 8.20. The van der Waals surface area contributed by atoms with Crippen LogP contribution in [0.1, 0.15) is 11.1 Å². The molecule has 0 aromatic heterocycles. The highest BCUT2D eigenvalue weighted by Gasteiger charge is 2.01. The summed E-state index contributed by atoms with van der Waals surface area (Å²) < 4.78 is 5.50. The molecule has 22 heavy (non-hydrogen) atoms. The average Bonchev–Trinajstić information content (AvgIpc) is 2.52. The molecule has 2 rings (SSSR count). The fraction of sp³-hybridized carbons (Fsp3) is 0.167. The standard InChI is InChI=1S/C18H20N2OS/c1-3-11-21-17-10-6-9-16(12-17)20-18(22)19-13-15-8-5-4-7-14(15)2/h3-10,12H,1,11,13H2,2H3,(H2,19,20,22). The van der Waals surface area contributed by atoms with E-state index in [0.29, 0.717) is 18.3 Å². The fourth-order valence-corrected chi connectivity index (χ4v) is 2.17. The molecule has 0 aliphatic rings. The van der Waals surface area contributed by atoms with Crippen molar-refractivity contribution in [3.63, 3.8) is 0 Å².